The summed E-state index contributed by atoms with van der Waals surface area (Å²) in [5.41, 5.74) is 4.45. The Balaban J connectivity index is 2.23. The number of nitro benzene ring substituents is 1. The summed E-state index contributed by atoms with van der Waals surface area (Å²) >= 11 is 0. The molecule has 4 nitrogen and oxygen atoms in total. The van der Waals surface area contributed by atoms with Gasteiger partial charge in [-0.15, -0.1) is 13.2 Å². The maximum Gasteiger partial charge on any atom is 0.269 e. The highest BCUT2D eigenvalue weighted by Crippen LogP contribution is 2.23. The first-order chi connectivity index (χ1) is 12.0. The predicted molar refractivity (Wildman–Crippen MR) is 106 cm³/mol. The molecule has 0 radical (unpaired) electrons. The van der Waals surface area contributed by atoms with E-state index in [-0.39, 0.29) is 5.69 Å². The molecule has 0 spiro atoms. The molecule has 2 aromatic carbocycles. The zero-order valence-corrected chi connectivity index (χ0v) is 14.4. The van der Waals surface area contributed by atoms with Crippen LogP contribution in [0.4, 0.5) is 11.4 Å². The number of anilines is 1. The van der Waals surface area contributed by atoms with Crippen molar-refractivity contribution in [3.8, 4) is 0 Å². The third kappa shape index (κ3) is 4.91. The van der Waals surface area contributed by atoms with E-state index >= 15 is 0 Å². The molecule has 25 heavy (non-hydrogen) atoms. The molecule has 0 aliphatic rings. The number of non-ortho nitro benzene ring substituents is 1. The van der Waals surface area contributed by atoms with E-state index in [0.29, 0.717) is 0 Å². The summed E-state index contributed by atoms with van der Waals surface area (Å²) < 4.78 is 0. The van der Waals surface area contributed by atoms with Crippen LogP contribution in [-0.2, 0) is 6.42 Å². The molecule has 0 saturated heterocycles. The van der Waals surface area contributed by atoms with Gasteiger partial charge < -0.3 is 4.90 Å². The van der Waals surface area contributed by atoms with Crippen molar-refractivity contribution in [2.75, 3.05) is 18.5 Å². The van der Waals surface area contributed by atoms with Crippen LogP contribution in [0.5, 0.6) is 0 Å². The fourth-order valence-corrected chi connectivity index (χ4v) is 2.59. The number of likely N-dealkylation sites (N-methyl/N-ethyl adjacent to an activating group) is 1. The Labute approximate surface area is 148 Å². The molecule has 0 aliphatic carbocycles. The van der Waals surface area contributed by atoms with Crippen LogP contribution in [0.15, 0.2) is 67.8 Å². The molecule has 0 aliphatic heterocycles. The van der Waals surface area contributed by atoms with Crippen molar-refractivity contribution in [1.82, 2.24) is 0 Å². The Hall–Kier alpha value is -3.14. The van der Waals surface area contributed by atoms with Gasteiger partial charge in [0.05, 0.1) is 4.92 Å². The minimum atomic E-state index is -0.395. The van der Waals surface area contributed by atoms with Gasteiger partial charge in [-0.05, 0) is 47.4 Å². The van der Waals surface area contributed by atoms with Crippen molar-refractivity contribution < 1.29 is 4.92 Å². The molecule has 0 bridgehead atoms. The summed E-state index contributed by atoms with van der Waals surface area (Å²) in [5.74, 6) is 0. The highest BCUT2D eigenvalue weighted by molar-refractivity contribution is 5.72. The number of benzene rings is 2. The minimum absolute atomic E-state index is 0.0972. The third-order valence-electron chi connectivity index (χ3n) is 3.85. The summed E-state index contributed by atoms with van der Waals surface area (Å²) in [6, 6.07) is 12.8. The fraction of sp³-hybridized carbons (Fsp3) is 0.143. The summed E-state index contributed by atoms with van der Waals surface area (Å²) in [6.07, 6.45) is 8.51. The lowest BCUT2D eigenvalue weighted by atomic mass is 10.0. The predicted octanol–water partition coefficient (Wildman–Crippen LogP) is 5.12. The molecular weight excluding hydrogens is 312 g/mol. The standard InChI is InChI=1S/C21H22N2O2/c1-4-6-19-16-18(11-14-21(19)22(3)15-5-2)8-7-17-9-12-20(13-10-17)23(24)25/h4-5,7-14,16H,1-2,6,15H2,3H3/b8-7+. The van der Waals surface area contributed by atoms with E-state index in [2.05, 4.69) is 36.3 Å². The van der Waals surface area contributed by atoms with E-state index in [0.717, 1.165) is 29.8 Å². The van der Waals surface area contributed by atoms with Gasteiger partial charge in [-0.3, -0.25) is 10.1 Å². The number of nitro groups is 1. The van der Waals surface area contributed by atoms with Gasteiger partial charge in [-0.2, -0.15) is 0 Å². The zero-order valence-electron chi connectivity index (χ0n) is 14.4. The first-order valence-electron chi connectivity index (χ1n) is 8.03. The van der Waals surface area contributed by atoms with Crippen LogP contribution in [0.1, 0.15) is 16.7 Å². The SMILES string of the molecule is C=CCc1cc(/C=C/c2ccc([N+](=O)[O-])cc2)ccc1N(C)CC=C. The van der Waals surface area contributed by atoms with Gasteiger partial charge in [0.25, 0.3) is 5.69 Å². The Kier molecular flexibility index (Phi) is 6.29. The molecule has 0 N–H and O–H groups in total. The molecule has 0 heterocycles. The van der Waals surface area contributed by atoms with Gasteiger partial charge >= 0.3 is 0 Å². The second-order valence-electron chi connectivity index (χ2n) is 5.73. The maximum absolute atomic E-state index is 10.7. The molecule has 0 unspecified atom stereocenters. The largest absolute Gasteiger partial charge is 0.371 e. The molecule has 0 atom stereocenters. The topological polar surface area (TPSA) is 46.4 Å². The maximum atomic E-state index is 10.7. The van der Waals surface area contributed by atoms with Crippen LogP contribution in [0.2, 0.25) is 0 Å². The van der Waals surface area contributed by atoms with Crippen molar-refractivity contribution in [2.45, 2.75) is 6.42 Å². The van der Waals surface area contributed by atoms with Crippen LogP contribution in [0.3, 0.4) is 0 Å². The summed E-state index contributed by atoms with van der Waals surface area (Å²) in [4.78, 5) is 12.4. The lowest BCUT2D eigenvalue weighted by molar-refractivity contribution is -0.384. The van der Waals surface area contributed by atoms with Crippen molar-refractivity contribution in [1.29, 1.82) is 0 Å². The van der Waals surface area contributed by atoms with Crippen molar-refractivity contribution in [3.63, 3.8) is 0 Å². The number of hydrogen-bond donors (Lipinski definition) is 0. The third-order valence-corrected chi connectivity index (χ3v) is 3.85. The van der Waals surface area contributed by atoms with E-state index < -0.39 is 4.92 Å². The minimum Gasteiger partial charge on any atom is -0.371 e. The molecular formula is C21H22N2O2. The van der Waals surface area contributed by atoms with E-state index in [1.165, 1.54) is 17.7 Å². The van der Waals surface area contributed by atoms with Crippen LogP contribution in [-0.4, -0.2) is 18.5 Å². The molecule has 128 valence electrons. The number of hydrogen-bond acceptors (Lipinski definition) is 3. The summed E-state index contributed by atoms with van der Waals surface area (Å²) in [6.45, 7) is 8.40. The summed E-state index contributed by atoms with van der Waals surface area (Å²) in [5, 5.41) is 10.7. The highest BCUT2D eigenvalue weighted by atomic mass is 16.6. The second-order valence-corrected chi connectivity index (χ2v) is 5.73. The second kappa shape index (κ2) is 8.64. The van der Waals surface area contributed by atoms with Gasteiger partial charge in [0.1, 0.15) is 0 Å². The van der Waals surface area contributed by atoms with Crippen LogP contribution in [0, 0.1) is 10.1 Å². The van der Waals surface area contributed by atoms with Crippen LogP contribution >= 0.6 is 0 Å². The lowest BCUT2D eigenvalue weighted by Crippen LogP contribution is -2.18. The van der Waals surface area contributed by atoms with Gasteiger partial charge in [0, 0.05) is 31.4 Å². The van der Waals surface area contributed by atoms with Crippen LogP contribution in [0.25, 0.3) is 12.2 Å². The average molecular weight is 334 g/mol. The van der Waals surface area contributed by atoms with Crippen molar-refractivity contribution >= 4 is 23.5 Å². The Morgan fingerprint density at radius 3 is 2.28 bits per heavy atom. The van der Waals surface area contributed by atoms with Crippen molar-refractivity contribution in [2.24, 2.45) is 0 Å². The fourth-order valence-electron chi connectivity index (χ4n) is 2.59. The molecule has 0 aromatic heterocycles. The zero-order chi connectivity index (χ0) is 18.2. The first-order valence-corrected chi connectivity index (χ1v) is 8.03. The van der Waals surface area contributed by atoms with E-state index in [4.69, 9.17) is 0 Å². The Bertz CT molecular complexity index is 792. The van der Waals surface area contributed by atoms with Gasteiger partial charge in [-0.1, -0.05) is 30.4 Å². The number of allylic oxidation sites excluding steroid dienone is 1. The van der Waals surface area contributed by atoms with E-state index in [1.807, 2.05) is 31.4 Å². The Morgan fingerprint density at radius 1 is 1.04 bits per heavy atom. The summed E-state index contributed by atoms with van der Waals surface area (Å²) in [7, 11) is 2.04. The monoisotopic (exact) mass is 334 g/mol. The van der Waals surface area contributed by atoms with Crippen LogP contribution < -0.4 is 4.90 Å². The number of nitrogens with zero attached hydrogens (tertiary/aromatic N) is 2. The lowest BCUT2D eigenvalue weighted by Gasteiger charge is -2.21. The van der Waals surface area contributed by atoms with Gasteiger partial charge in [-0.25, -0.2) is 0 Å². The smallest absolute Gasteiger partial charge is 0.269 e. The normalized spacial score (nSPS) is 10.6. The first kappa shape index (κ1) is 18.2. The molecule has 2 rings (SSSR count). The quantitative estimate of drug-likeness (QED) is 0.291. The highest BCUT2D eigenvalue weighted by Gasteiger charge is 2.06. The van der Waals surface area contributed by atoms with Gasteiger partial charge in [0.15, 0.2) is 0 Å². The van der Waals surface area contributed by atoms with Crippen molar-refractivity contribution in [3.05, 3.63) is 94.6 Å². The van der Waals surface area contributed by atoms with E-state index in [9.17, 15) is 10.1 Å². The molecule has 4 heteroatoms. The molecule has 2 aromatic rings. The average Bonchev–Trinajstić information content (AvgIpc) is 2.61. The number of rotatable bonds is 8. The van der Waals surface area contributed by atoms with Gasteiger partial charge in [0.2, 0.25) is 0 Å². The molecule has 0 saturated carbocycles. The van der Waals surface area contributed by atoms with E-state index in [1.54, 1.807) is 12.1 Å². The Morgan fingerprint density at radius 2 is 1.68 bits per heavy atom. The molecule has 0 fully saturated rings. The molecule has 0 amide bonds.